The molecule has 3 heterocycles. The highest BCUT2D eigenvalue weighted by Crippen LogP contribution is 2.33. The summed E-state index contributed by atoms with van der Waals surface area (Å²) < 4.78 is 42.4. The van der Waals surface area contributed by atoms with E-state index in [1.807, 2.05) is 24.3 Å². The van der Waals surface area contributed by atoms with Gasteiger partial charge in [-0.15, -0.1) is 0 Å². The van der Waals surface area contributed by atoms with E-state index in [2.05, 4.69) is 20.2 Å². The zero-order chi connectivity index (χ0) is 27.7. The Hall–Kier alpha value is -4.47. The number of benzene rings is 2. The van der Waals surface area contributed by atoms with Crippen LogP contribution in [0.15, 0.2) is 67.3 Å². The smallest absolute Gasteiger partial charge is 0.367 e. The quantitative estimate of drug-likeness (QED) is 0.341. The first-order valence-electron chi connectivity index (χ1n) is 12.4. The molecule has 1 amide bonds. The van der Waals surface area contributed by atoms with Crippen LogP contribution in [0.1, 0.15) is 48.8 Å². The van der Waals surface area contributed by atoms with Crippen molar-refractivity contribution in [3.05, 3.63) is 106 Å². The first-order chi connectivity index (χ1) is 18.6. The number of alkyl halides is 3. The summed E-state index contributed by atoms with van der Waals surface area (Å²) in [5.41, 5.74) is 4.04. The fourth-order valence-electron chi connectivity index (χ4n) is 4.75. The van der Waals surface area contributed by atoms with E-state index in [4.69, 9.17) is 0 Å². The second kappa shape index (κ2) is 10.4. The summed E-state index contributed by atoms with van der Waals surface area (Å²) >= 11 is 0. The summed E-state index contributed by atoms with van der Waals surface area (Å²) in [6, 6.07) is 12.7. The van der Waals surface area contributed by atoms with Crippen LogP contribution < -0.4 is 10.2 Å². The van der Waals surface area contributed by atoms with Gasteiger partial charge in [0, 0.05) is 55.9 Å². The second-order valence-electron chi connectivity index (χ2n) is 9.55. The van der Waals surface area contributed by atoms with E-state index < -0.39 is 17.5 Å². The van der Waals surface area contributed by atoms with Crippen molar-refractivity contribution >= 4 is 17.4 Å². The molecule has 0 radical (unpaired) electrons. The molecule has 0 bridgehead atoms. The molecular formula is C29H26F3N5O2. The fourth-order valence-corrected chi connectivity index (χ4v) is 4.75. The monoisotopic (exact) mass is 533 g/mol. The van der Waals surface area contributed by atoms with Gasteiger partial charge >= 0.3 is 6.18 Å². The maximum Gasteiger partial charge on any atom is 0.416 e. The summed E-state index contributed by atoms with van der Waals surface area (Å²) in [5, 5.41) is 2.57. The summed E-state index contributed by atoms with van der Waals surface area (Å²) in [4.78, 5) is 35.5. The van der Waals surface area contributed by atoms with E-state index in [0.29, 0.717) is 23.5 Å². The molecule has 2 aromatic carbocycles. The minimum absolute atomic E-state index is 0.0120. The van der Waals surface area contributed by atoms with Gasteiger partial charge in [0.1, 0.15) is 5.69 Å². The molecule has 10 heteroatoms. The lowest BCUT2D eigenvalue weighted by atomic mass is 9.98. The van der Waals surface area contributed by atoms with E-state index in [-0.39, 0.29) is 23.6 Å². The predicted octanol–water partition coefficient (Wildman–Crippen LogP) is 4.94. The number of nitrogens with one attached hydrogen (secondary N) is 1. The van der Waals surface area contributed by atoms with Crippen LogP contribution in [-0.4, -0.2) is 39.8 Å². The van der Waals surface area contributed by atoms with Gasteiger partial charge in [-0.05, 0) is 66.4 Å². The highest BCUT2D eigenvalue weighted by Gasteiger charge is 2.32. The molecule has 200 valence electrons. The Balaban J connectivity index is 1.39. The Morgan fingerprint density at radius 1 is 1.03 bits per heavy atom. The maximum atomic E-state index is 13.7. The van der Waals surface area contributed by atoms with E-state index in [9.17, 15) is 22.8 Å². The topological polar surface area (TPSA) is 80.1 Å². The number of rotatable bonds is 7. The summed E-state index contributed by atoms with van der Waals surface area (Å²) in [7, 11) is 1.55. The third-order valence-electron chi connectivity index (χ3n) is 6.74. The average Bonchev–Trinajstić information content (AvgIpc) is 3.53. The number of hydrogen-bond acceptors (Lipinski definition) is 5. The number of halogens is 3. The van der Waals surface area contributed by atoms with Crippen molar-refractivity contribution in [1.82, 2.24) is 19.9 Å². The predicted molar refractivity (Wildman–Crippen MR) is 140 cm³/mol. The molecule has 0 fully saturated rings. The summed E-state index contributed by atoms with van der Waals surface area (Å²) in [6.45, 7) is 3.06. The zero-order valence-electron chi connectivity index (χ0n) is 21.4. The van der Waals surface area contributed by atoms with Gasteiger partial charge in [-0.25, -0.2) is 4.98 Å². The van der Waals surface area contributed by atoms with Crippen molar-refractivity contribution < 1.29 is 22.8 Å². The SMILES string of the molecule is CNC(=O)c1cc(CN2CCc3ccc(CC(=O)c4cc(-n5cnc(C)c5)cc(C(F)(F)F)c4)cc32)ccn1. The van der Waals surface area contributed by atoms with Gasteiger partial charge in [0.05, 0.1) is 17.6 Å². The lowest BCUT2D eigenvalue weighted by molar-refractivity contribution is -0.137. The Labute approximate surface area is 223 Å². The van der Waals surface area contributed by atoms with Crippen LogP contribution in [0, 0.1) is 6.92 Å². The van der Waals surface area contributed by atoms with Crippen molar-refractivity contribution in [2.24, 2.45) is 0 Å². The fraction of sp³-hybridized carbons (Fsp3) is 0.241. The van der Waals surface area contributed by atoms with Crippen LogP contribution in [0.4, 0.5) is 18.9 Å². The largest absolute Gasteiger partial charge is 0.416 e. The number of pyridine rings is 1. The molecule has 1 N–H and O–H groups in total. The number of ketones is 1. The van der Waals surface area contributed by atoms with Crippen LogP contribution in [-0.2, 0) is 25.6 Å². The number of anilines is 1. The van der Waals surface area contributed by atoms with Crippen LogP contribution in [0.5, 0.6) is 0 Å². The van der Waals surface area contributed by atoms with Gasteiger partial charge in [-0.3, -0.25) is 14.6 Å². The van der Waals surface area contributed by atoms with Crippen molar-refractivity contribution in [1.29, 1.82) is 0 Å². The summed E-state index contributed by atoms with van der Waals surface area (Å²) in [5.74, 6) is -0.673. The van der Waals surface area contributed by atoms with Crippen LogP contribution in [0.25, 0.3) is 5.69 Å². The molecule has 0 aliphatic carbocycles. The highest BCUT2D eigenvalue weighted by atomic mass is 19.4. The molecule has 0 saturated carbocycles. The maximum absolute atomic E-state index is 13.7. The number of carbonyl (C=O) groups excluding carboxylic acids is 2. The van der Waals surface area contributed by atoms with Crippen molar-refractivity contribution in [3.63, 3.8) is 0 Å². The van der Waals surface area contributed by atoms with Crippen molar-refractivity contribution in [2.75, 3.05) is 18.5 Å². The number of Topliss-reactive ketones (excluding diaryl/α,β-unsaturated/α-hetero) is 1. The van der Waals surface area contributed by atoms with Crippen molar-refractivity contribution in [3.8, 4) is 5.69 Å². The number of hydrogen-bond donors (Lipinski definition) is 1. The molecule has 4 aromatic rings. The Morgan fingerprint density at radius 2 is 1.85 bits per heavy atom. The molecule has 1 aliphatic heterocycles. The molecule has 0 atom stereocenters. The zero-order valence-corrected chi connectivity index (χ0v) is 21.4. The normalized spacial score (nSPS) is 12.9. The minimum Gasteiger partial charge on any atom is -0.367 e. The van der Waals surface area contributed by atoms with Gasteiger partial charge in [-0.1, -0.05) is 12.1 Å². The van der Waals surface area contributed by atoms with Crippen LogP contribution in [0.3, 0.4) is 0 Å². The van der Waals surface area contributed by atoms with E-state index in [1.54, 1.807) is 32.4 Å². The number of amides is 1. The van der Waals surface area contributed by atoms with Gasteiger partial charge in [0.25, 0.3) is 5.91 Å². The standard InChI is InChI=1S/C29H26F3N5O2/c1-18-15-37(17-35-18)24-13-22(12-23(14-24)29(30,31)32)27(38)11-19-3-4-21-6-8-36(26(21)10-19)16-20-5-7-34-25(9-20)28(39)33-2/h3-5,7,9-10,12-15,17H,6,8,11,16H2,1-2H3,(H,33,39). The highest BCUT2D eigenvalue weighted by molar-refractivity contribution is 5.98. The molecule has 7 nitrogen and oxygen atoms in total. The number of aryl methyl sites for hydroxylation is 1. The Morgan fingerprint density at radius 3 is 2.56 bits per heavy atom. The van der Waals surface area contributed by atoms with Gasteiger partial charge in [0.15, 0.2) is 5.78 Å². The van der Waals surface area contributed by atoms with Crippen molar-refractivity contribution in [2.45, 2.75) is 32.5 Å². The van der Waals surface area contributed by atoms with Gasteiger partial charge in [0.2, 0.25) is 0 Å². The van der Waals surface area contributed by atoms with Crippen LogP contribution >= 0.6 is 0 Å². The number of carbonyl (C=O) groups is 2. The lowest BCUT2D eigenvalue weighted by Crippen LogP contribution is -2.22. The Kier molecular flexibility index (Phi) is 6.94. The molecule has 1 aliphatic rings. The first-order valence-corrected chi connectivity index (χ1v) is 12.4. The third kappa shape index (κ3) is 5.69. The molecule has 2 aromatic heterocycles. The first kappa shape index (κ1) is 26.1. The van der Waals surface area contributed by atoms with Gasteiger partial charge < -0.3 is 14.8 Å². The number of nitrogens with zero attached hydrogens (tertiary/aromatic N) is 4. The minimum atomic E-state index is -4.60. The van der Waals surface area contributed by atoms with Crippen LogP contribution in [0.2, 0.25) is 0 Å². The number of imidazole rings is 1. The average molecular weight is 534 g/mol. The lowest BCUT2D eigenvalue weighted by Gasteiger charge is -2.20. The van der Waals surface area contributed by atoms with E-state index >= 15 is 0 Å². The second-order valence-corrected chi connectivity index (χ2v) is 9.55. The number of aromatic nitrogens is 3. The third-order valence-corrected chi connectivity index (χ3v) is 6.74. The molecule has 0 saturated heterocycles. The molecule has 5 rings (SSSR count). The molecule has 0 unspecified atom stereocenters. The molecule has 39 heavy (non-hydrogen) atoms. The van der Waals surface area contributed by atoms with Gasteiger partial charge in [-0.2, -0.15) is 13.2 Å². The molecule has 0 spiro atoms. The number of fused-ring (bicyclic) bond motifs is 1. The summed E-state index contributed by atoms with van der Waals surface area (Å²) in [6.07, 6.45) is 0.826. The van der Waals surface area contributed by atoms with E-state index in [1.165, 1.54) is 17.0 Å². The molecular weight excluding hydrogens is 507 g/mol. The Bertz CT molecular complexity index is 1560. The van der Waals surface area contributed by atoms with E-state index in [0.717, 1.165) is 41.9 Å².